The first-order chi connectivity index (χ1) is 6.72. The smallest absolute Gasteiger partial charge is 0.200 e. The van der Waals surface area contributed by atoms with Crippen molar-refractivity contribution in [3.05, 3.63) is 11.1 Å². The van der Waals surface area contributed by atoms with Gasteiger partial charge in [-0.05, 0) is 18.6 Å². The third-order valence-corrected chi connectivity index (χ3v) is 2.17. The molecule has 0 bridgehead atoms. The molecule has 2 heterocycles. The summed E-state index contributed by atoms with van der Waals surface area (Å²) in [5, 5.41) is 0. The molecular weight excluding hydrogens is 198 g/mol. The second-order valence-electron chi connectivity index (χ2n) is 3.07. The van der Waals surface area contributed by atoms with Crippen LogP contribution >= 0.6 is 12.2 Å². The van der Waals surface area contributed by atoms with Crippen LogP contribution in [0, 0.1) is 4.77 Å². The highest BCUT2D eigenvalue weighted by Gasteiger charge is 2.06. The van der Waals surface area contributed by atoms with Crippen molar-refractivity contribution < 1.29 is 0 Å². The van der Waals surface area contributed by atoms with E-state index in [9.17, 15) is 0 Å². The average molecular weight is 209 g/mol. The number of nitrogens with zero attached hydrogens (tertiary/aromatic N) is 3. The summed E-state index contributed by atoms with van der Waals surface area (Å²) in [4.78, 5) is 11.1. The van der Waals surface area contributed by atoms with E-state index in [0.29, 0.717) is 16.1 Å². The molecule has 6 heteroatoms. The maximum absolute atomic E-state index is 5.73. The van der Waals surface area contributed by atoms with Crippen LogP contribution in [0.25, 0.3) is 11.2 Å². The van der Waals surface area contributed by atoms with Gasteiger partial charge in [0.25, 0.3) is 0 Å². The number of hydrogen-bond acceptors (Lipinski definition) is 4. The number of aromatic amines is 1. The number of aryl methyl sites for hydroxylation is 1. The van der Waals surface area contributed by atoms with Gasteiger partial charge in [0.05, 0.1) is 6.33 Å². The quantitative estimate of drug-likeness (QED) is 0.735. The Kier molecular flexibility index (Phi) is 2.20. The van der Waals surface area contributed by atoms with Gasteiger partial charge in [0.15, 0.2) is 10.4 Å². The van der Waals surface area contributed by atoms with Crippen LogP contribution in [0.4, 0.5) is 5.82 Å². The van der Waals surface area contributed by atoms with Crippen LogP contribution in [0.3, 0.4) is 0 Å². The first-order valence-electron chi connectivity index (χ1n) is 4.43. The van der Waals surface area contributed by atoms with Crippen molar-refractivity contribution >= 4 is 29.2 Å². The molecule has 0 unspecified atom stereocenters. The Morgan fingerprint density at radius 2 is 2.43 bits per heavy atom. The molecule has 0 aliphatic carbocycles. The summed E-state index contributed by atoms with van der Waals surface area (Å²) in [5.41, 5.74) is 7.17. The number of nitrogen functional groups attached to an aromatic ring is 1. The molecule has 2 rings (SSSR count). The number of nitrogens with one attached hydrogen (secondary N) is 1. The minimum absolute atomic E-state index is 0.396. The number of H-pyrrole nitrogens is 1. The molecule has 14 heavy (non-hydrogen) atoms. The van der Waals surface area contributed by atoms with Gasteiger partial charge in [0, 0.05) is 6.54 Å². The van der Waals surface area contributed by atoms with Crippen LogP contribution in [0.15, 0.2) is 6.33 Å². The minimum atomic E-state index is 0.396. The summed E-state index contributed by atoms with van der Waals surface area (Å²) in [6.45, 7) is 2.97. The Labute approximate surface area is 86.0 Å². The Hall–Kier alpha value is -1.43. The van der Waals surface area contributed by atoms with Crippen molar-refractivity contribution in [2.75, 3.05) is 5.73 Å². The first kappa shape index (κ1) is 9.14. The fraction of sp³-hybridized carbons (Fsp3) is 0.375. The summed E-state index contributed by atoms with van der Waals surface area (Å²) < 4.78 is 2.35. The average Bonchev–Trinajstić information content (AvgIpc) is 2.49. The third-order valence-electron chi connectivity index (χ3n) is 1.98. The van der Waals surface area contributed by atoms with Crippen LogP contribution in [0.5, 0.6) is 0 Å². The van der Waals surface area contributed by atoms with Gasteiger partial charge >= 0.3 is 0 Å². The summed E-state index contributed by atoms with van der Waals surface area (Å²) in [5.74, 6) is 0.481. The van der Waals surface area contributed by atoms with Crippen LogP contribution in [0.1, 0.15) is 13.3 Å². The predicted octanol–water partition coefficient (Wildman–Crippen LogP) is 1.48. The van der Waals surface area contributed by atoms with Gasteiger partial charge in [-0.25, -0.2) is 4.98 Å². The molecule has 0 saturated carbocycles. The van der Waals surface area contributed by atoms with Crippen LogP contribution in [-0.4, -0.2) is 19.5 Å². The number of anilines is 1. The number of nitrogens with two attached hydrogens (primary N) is 1. The standard InChI is InChI=1S/C8H11N5S/c1-2-3-13-4-10-5-6(9)11-8(14)12-7(5)13/h4H,2-3H2,1H3,(H3,9,11,12,14). The molecule has 74 valence electrons. The van der Waals surface area contributed by atoms with E-state index < -0.39 is 0 Å². The van der Waals surface area contributed by atoms with E-state index in [-0.39, 0.29) is 0 Å². The van der Waals surface area contributed by atoms with Gasteiger partial charge in [-0.3, -0.25) is 0 Å². The molecule has 0 fully saturated rings. The van der Waals surface area contributed by atoms with Gasteiger partial charge in [-0.15, -0.1) is 0 Å². The largest absolute Gasteiger partial charge is 0.383 e. The molecule has 0 spiro atoms. The highest BCUT2D eigenvalue weighted by atomic mass is 32.1. The van der Waals surface area contributed by atoms with Crippen molar-refractivity contribution in [1.29, 1.82) is 0 Å². The zero-order valence-electron chi connectivity index (χ0n) is 7.82. The highest BCUT2D eigenvalue weighted by molar-refractivity contribution is 7.71. The van der Waals surface area contributed by atoms with Crippen molar-refractivity contribution in [1.82, 2.24) is 19.5 Å². The SMILES string of the molecule is CCCn1cnc2c(N)[nH]c(=S)nc21. The van der Waals surface area contributed by atoms with E-state index in [4.69, 9.17) is 18.0 Å². The highest BCUT2D eigenvalue weighted by Crippen LogP contribution is 2.14. The molecule has 3 N–H and O–H groups in total. The lowest BCUT2D eigenvalue weighted by Gasteiger charge is -2.00. The summed E-state index contributed by atoms with van der Waals surface area (Å²) in [7, 11) is 0. The number of aromatic nitrogens is 4. The van der Waals surface area contributed by atoms with E-state index in [1.165, 1.54) is 0 Å². The second-order valence-corrected chi connectivity index (χ2v) is 3.45. The van der Waals surface area contributed by atoms with Gasteiger partial charge in [-0.2, -0.15) is 4.98 Å². The zero-order valence-corrected chi connectivity index (χ0v) is 8.64. The molecular formula is C8H11N5S. The Morgan fingerprint density at radius 1 is 1.64 bits per heavy atom. The Bertz CT molecular complexity index is 512. The van der Waals surface area contributed by atoms with Crippen molar-refractivity contribution in [2.45, 2.75) is 19.9 Å². The van der Waals surface area contributed by atoms with Crippen molar-refractivity contribution in [2.24, 2.45) is 0 Å². The van der Waals surface area contributed by atoms with Crippen LogP contribution in [-0.2, 0) is 6.54 Å². The maximum atomic E-state index is 5.73. The van der Waals surface area contributed by atoms with Crippen molar-refractivity contribution in [3.8, 4) is 0 Å². The lowest BCUT2D eigenvalue weighted by molar-refractivity contribution is 0.691. The van der Waals surface area contributed by atoms with Crippen LogP contribution < -0.4 is 5.73 Å². The summed E-state index contributed by atoms with van der Waals surface area (Å²) >= 11 is 4.95. The topological polar surface area (TPSA) is 72.5 Å². The molecule has 2 aromatic rings. The summed E-state index contributed by atoms with van der Waals surface area (Å²) in [6, 6.07) is 0. The normalized spacial score (nSPS) is 10.9. The molecule has 0 aromatic carbocycles. The molecule has 0 aliphatic rings. The molecule has 5 nitrogen and oxygen atoms in total. The fourth-order valence-electron chi connectivity index (χ4n) is 1.39. The summed E-state index contributed by atoms with van der Waals surface area (Å²) in [6.07, 6.45) is 2.76. The monoisotopic (exact) mass is 209 g/mol. The van der Waals surface area contributed by atoms with E-state index in [1.807, 2.05) is 4.57 Å². The van der Waals surface area contributed by atoms with Gasteiger partial charge < -0.3 is 15.3 Å². The van der Waals surface area contributed by atoms with Gasteiger partial charge in [-0.1, -0.05) is 6.92 Å². The number of hydrogen-bond donors (Lipinski definition) is 2. The van der Waals surface area contributed by atoms with Gasteiger partial charge in [0.2, 0.25) is 0 Å². The van der Waals surface area contributed by atoms with Gasteiger partial charge in [0.1, 0.15) is 11.3 Å². The number of imidazole rings is 1. The Morgan fingerprint density at radius 3 is 3.14 bits per heavy atom. The van der Waals surface area contributed by atoms with E-state index in [1.54, 1.807) is 6.33 Å². The molecule has 0 atom stereocenters. The third kappa shape index (κ3) is 1.37. The Balaban J connectivity index is 2.72. The molecule has 0 radical (unpaired) electrons. The fourth-order valence-corrected chi connectivity index (χ4v) is 1.58. The molecule has 0 amide bonds. The van der Waals surface area contributed by atoms with Crippen molar-refractivity contribution in [3.63, 3.8) is 0 Å². The molecule has 0 aliphatic heterocycles. The van der Waals surface area contributed by atoms with E-state index in [2.05, 4.69) is 21.9 Å². The maximum Gasteiger partial charge on any atom is 0.200 e. The number of rotatable bonds is 2. The minimum Gasteiger partial charge on any atom is -0.383 e. The first-order valence-corrected chi connectivity index (χ1v) is 4.84. The molecule has 0 saturated heterocycles. The molecule has 2 aromatic heterocycles. The van der Waals surface area contributed by atoms with Crippen LogP contribution in [0.2, 0.25) is 0 Å². The van der Waals surface area contributed by atoms with E-state index in [0.717, 1.165) is 18.6 Å². The number of fused-ring (bicyclic) bond motifs is 1. The van der Waals surface area contributed by atoms with E-state index >= 15 is 0 Å². The second kappa shape index (κ2) is 3.38. The lowest BCUT2D eigenvalue weighted by Crippen LogP contribution is -1.99. The zero-order chi connectivity index (χ0) is 10.1. The predicted molar refractivity (Wildman–Crippen MR) is 57.4 cm³/mol. The lowest BCUT2D eigenvalue weighted by atomic mass is 10.4.